The molecule has 12 heteroatoms. The van der Waals surface area contributed by atoms with E-state index in [-0.39, 0.29) is 35.7 Å². The second kappa shape index (κ2) is 12.5. The van der Waals surface area contributed by atoms with Crippen molar-refractivity contribution >= 4 is 62.1 Å². The summed E-state index contributed by atoms with van der Waals surface area (Å²) in [5.41, 5.74) is 7.77. The third-order valence-electron chi connectivity index (χ3n) is 6.92. The van der Waals surface area contributed by atoms with Gasteiger partial charge in [0.25, 0.3) is 5.91 Å². The van der Waals surface area contributed by atoms with E-state index < -0.39 is 21.2 Å². The Morgan fingerprint density at radius 2 is 1.74 bits per heavy atom. The van der Waals surface area contributed by atoms with E-state index in [1.54, 1.807) is 83.8 Å². The molecule has 0 saturated carbocycles. The van der Waals surface area contributed by atoms with Crippen LogP contribution < -0.4 is 20.7 Å². The first kappa shape index (κ1) is 30.4. The zero-order valence-corrected chi connectivity index (χ0v) is 24.0. The number of halogens is 1. The standard InChI is InChI=1S/C30H28N4O6S.ClH/c31-28(32)20-10-13-23(14-11-20)40-18-27(35)34-16-4-7-21-17-22(12-15-25(21)34)33-29(30(36)37)41(38,39)26-9-3-6-19-5-1-2-8-24(19)26;/h1-3,5-6,8-15,17,29,33H,4,7,16,18H2,(H3,31,32)(H,36,37);1H. The van der Waals surface area contributed by atoms with E-state index in [0.29, 0.717) is 52.8 Å². The number of nitrogens with one attached hydrogen (secondary N) is 2. The van der Waals surface area contributed by atoms with Crippen LogP contribution in [0.5, 0.6) is 5.75 Å². The first-order valence-electron chi connectivity index (χ1n) is 12.9. The van der Waals surface area contributed by atoms with Crippen molar-refractivity contribution in [2.45, 2.75) is 23.1 Å². The van der Waals surface area contributed by atoms with Gasteiger partial charge in [-0.15, -0.1) is 12.4 Å². The summed E-state index contributed by atoms with van der Waals surface area (Å²) in [4.78, 5) is 26.8. The number of carbonyl (C=O) groups is 2. The van der Waals surface area contributed by atoms with Gasteiger partial charge in [0.15, 0.2) is 6.61 Å². The summed E-state index contributed by atoms with van der Waals surface area (Å²) in [5, 5.41) is 19.3. The van der Waals surface area contributed by atoms with E-state index in [1.807, 2.05) is 0 Å². The fraction of sp³-hybridized carbons (Fsp3) is 0.167. The molecule has 0 aliphatic carbocycles. The Kier molecular flexibility index (Phi) is 9.03. The Hall–Kier alpha value is -4.61. The topological polar surface area (TPSA) is 163 Å². The SMILES string of the molecule is Cl.N=C(N)c1ccc(OCC(=O)N2CCCc3cc(NC(C(=O)O)S(=O)(=O)c4cccc5ccccc45)ccc32)cc1. The molecule has 0 aromatic heterocycles. The van der Waals surface area contributed by atoms with Gasteiger partial charge >= 0.3 is 5.97 Å². The number of amidine groups is 1. The summed E-state index contributed by atoms with van der Waals surface area (Å²) in [7, 11) is -4.32. The van der Waals surface area contributed by atoms with E-state index in [9.17, 15) is 23.1 Å². The van der Waals surface area contributed by atoms with Crippen LogP contribution in [0.3, 0.4) is 0 Å². The number of benzene rings is 4. The van der Waals surface area contributed by atoms with Crippen molar-refractivity contribution in [2.75, 3.05) is 23.4 Å². The molecular weight excluding hydrogens is 580 g/mol. The number of carbonyl (C=O) groups excluding carboxylic acids is 1. The first-order valence-corrected chi connectivity index (χ1v) is 14.4. The smallest absolute Gasteiger partial charge is 0.342 e. The molecule has 5 N–H and O–H groups in total. The fourth-order valence-electron chi connectivity index (χ4n) is 4.89. The van der Waals surface area contributed by atoms with Crippen molar-refractivity contribution in [1.29, 1.82) is 5.41 Å². The lowest BCUT2D eigenvalue weighted by Gasteiger charge is -2.30. The van der Waals surface area contributed by atoms with Crippen LogP contribution in [-0.4, -0.2) is 49.8 Å². The molecule has 0 radical (unpaired) electrons. The third kappa shape index (κ3) is 6.17. The van der Waals surface area contributed by atoms with Crippen LogP contribution in [0, 0.1) is 5.41 Å². The number of nitrogens with two attached hydrogens (primary N) is 1. The van der Waals surface area contributed by atoms with Crippen molar-refractivity contribution in [3.63, 3.8) is 0 Å². The number of anilines is 2. The molecule has 1 aliphatic heterocycles. The van der Waals surface area contributed by atoms with Gasteiger partial charge in [0.2, 0.25) is 15.2 Å². The number of carboxylic acids is 1. The first-order chi connectivity index (χ1) is 19.6. The third-order valence-corrected chi connectivity index (χ3v) is 8.82. The van der Waals surface area contributed by atoms with Gasteiger partial charge in [-0.05, 0) is 72.3 Å². The molecule has 1 atom stereocenters. The van der Waals surface area contributed by atoms with E-state index in [0.717, 1.165) is 5.56 Å². The van der Waals surface area contributed by atoms with Gasteiger partial charge in [-0.25, -0.2) is 13.2 Å². The molecule has 5 rings (SSSR count). The van der Waals surface area contributed by atoms with Crippen LogP contribution in [0.2, 0.25) is 0 Å². The predicted molar refractivity (Wildman–Crippen MR) is 163 cm³/mol. The van der Waals surface area contributed by atoms with Crippen LogP contribution in [0.1, 0.15) is 17.5 Å². The molecule has 10 nitrogen and oxygen atoms in total. The van der Waals surface area contributed by atoms with Crippen LogP contribution in [0.25, 0.3) is 10.8 Å². The normalized spacial score (nSPS) is 13.4. The highest BCUT2D eigenvalue weighted by atomic mass is 35.5. The van der Waals surface area contributed by atoms with Crippen molar-refractivity contribution in [3.8, 4) is 5.75 Å². The number of carboxylic acid groups (broad SMARTS) is 1. The van der Waals surface area contributed by atoms with Crippen LogP contribution in [-0.2, 0) is 25.8 Å². The quantitative estimate of drug-likeness (QED) is 0.162. The van der Waals surface area contributed by atoms with Crippen molar-refractivity contribution < 1.29 is 27.9 Å². The van der Waals surface area contributed by atoms with Crippen LogP contribution >= 0.6 is 12.4 Å². The molecule has 0 spiro atoms. The maximum atomic E-state index is 13.5. The minimum Gasteiger partial charge on any atom is -0.484 e. The number of sulfone groups is 1. The molecule has 1 aliphatic rings. The highest BCUT2D eigenvalue weighted by Gasteiger charge is 2.35. The Balaban J connectivity index is 0.00000405. The number of aryl methyl sites for hydroxylation is 1. The second-order valence-electron chi connectivity index (χ2n) is 9.60. The Labute approximate surface area is 248 Å². The lowest BCUT2D eigenvalue weighted by Crippen LogP contribution is -2.39. The number of amides is 1. The molecule has 42 heavy (non-hydrogen) atoms. The van der Waals surface area contributed by atoms with E-state index >= 15 is 0 Å². The molecule has 0 bridgehead atoms. The van der Waals surface area contributed by atoms with Crippen LogP contribution in [0.15, 0.2) is 89.8 Å². The highest BCUT2D eigenvalue weighted by Crippen LogP contribution is 2.32. The molecule has 1 unspecified atom stereocenters. The van der Waals surface area contributed by atoms with Gasteiger partial charge in [-0.2, -0.15) is 0 Å². The van der Waals surface area contributed by atoms with Gasteiger partial charge in [0.1, 0.15) is 11.6 Å². The summed E-state index contributed by atoms with van der Waals surface area (Å²) >= 11 is 0. The monoisotopic (exact) mass is 608 g/mol. The lowest BCUT2D eigenvalue weighted by molar-refractivity contribution is -0.136. The van der Waals surface area contributed by atoms with Gasteiger partial charge in [0.05, 0.1) is 4.90 Å². The van der Waals surface area contributed by atoms with Crippen LogP contribution in [0.4, 0.5) is 11.4 Å². The summed E-state index contributed by atoms with van der Waals surface area (Å²) in [6.07, 6.45) is 1.31. The minimum atomic E-state index is -4.32. The number of aliphatic carboxylic acids is 1. The Bertz CT molecular complexity index is 1760. The maximum absolute atomic E-state index is 13.5. The summed E-state index contributed by atoms with van der Waals surface area (Å²) in [5.74, 6) is -1.38. The van der Waals surface area contributed by atoms with Crippen molar-refractivity contribution in [3.05, 3.63) is 96.1 Å². The molecule has 4 aromatic carbocycles. The number of rotatable bonds is 9. The minimum absolute atomic E-state index is 0. The summed E-state index contributed by atoms with van der Waals surface area (Å²) < 4.78 is 32.7. The average Bonchev–Trinajstić information content (AvgIpc) is 2.97. The maximum Gasteiger partial charge on any atom is 0.342 e. The Morgan fingerprint density at radius 1 is 1.02 bits per heavy atom. The number of nitrogens with zero attached hydrogens (tertiary/aromatic N) is 1. The van der Waals surface area contributed by atoms with E-state index in [4.69, 9.17) is 15.9 Å². The number of hydrogen-bond donors (Lipinski definition) is 4. The predicted octanol–water partition coefficient (Wildman–Crippen LogP) is 4.20. The van der Waals surface area contributed by atoms with Gasteiger partial charge in [-0.3, -0.25) is 10.2 Å². The number of ether oxygens (including phenoxy) is 1. The molecule has 1 amide bonds. The lowest BCUT2D eigenvalue weighted by atomic mass is 10.0. The fourth-order valence-corrected chi connectivity index (χ4v) is 6.47. The van der Waals surface area contributed by atoms with Gasteiger partial charge in [-0.1, -0.05) is 36.4 Å². The van der Waals surface area contributed by atoms with E-state index in [1.165, 1.54) is 6.07 Å². The van der Waals surface area contributed by atoms with Gasteiger partial charge < -0.3 is 25.8 Å². The van der Waals surface area contributed by atoms with Crippen molar-refractivity contribution in [2.24, 2.45) is 5.73 Å². The van der Waals surface area contributed by atoms with Crippen molar-refractivity contribution in [1.82, 2.24) is 0 Å². The second-order valence-corrected chi connectivity index (χ2v) is 11.6. The zero-order chi connectivity index (χ0) is 29.1. The summed E-state index contributed by atoms with van der Waals surface area (Å²) in [6.45, 7) is 0.279. The molecular formula is C30H29ClN4O6S. The van der Waals surface area contributed by atoms with E-state index in [2.05, 4.69) is 5.32 Å². The number of fused-ring (bicyclic) bond motifs is 2. The number of hydrogen-bond acceptors (Lipinski definition) is 7. The largest absolute Gasteiger partial charge is 0.484 e. The highest BCUT2D eigenvalue weighted by molar-refractivity contribution is 7.93. The number of nitrogen functional groups attached to an aromatic ring is 1. The Morgan fingerprint density at radius 3 is 2.45 bits per heavy atom. The van der Waals surface area contributed by atoms with Gasteiger partial charge in [0, 0.05) is 28.9 Å². The summed E-state index contributed by atoms with van der Waals surface area (Å²) in [6, 6.07) is 23.1. The molecule has 218 valence electrons. The zero-order valence-electron chi connectivity index (χ0n) is 22.3. The average molecular weight is 609 g/mol. The molecule has 1 heterocycles. The molecule has 0 saturated heterocycles. The molecule has 0 fully saturated rings. The molecule has 4 aromatic rings.